The van der Waals surface area contributed by atoms with Crippen molar-refractivity contribution in [3.8, 4) is 0 Å². The Hall–Kier alpha value is 2.83. The summed E-state index contributed by atoms with van der Waals surface area (Å²) in [5, 5.41) is -0.383. The number of benzene rings is 1. The lowest BCUT2D eigenvalue weighted by Gasteiger charge is -2.10. The van der Waals surface area contributed by atoms with Crippen LogP contribution in [0.5, 0.6) is 0 Å². The van der Waals surface area contributed by atoms with E-state index in [-0.39, 0.29) is 5.24 Å². The van der Waals surface area contributed by atoms with Crippen molar-refractivity contribution in [2.45, 2.75) is 0 Å². The summed E-state index contributed by atoms with van der Waals surface area (Å²) in [6.07, 6.45) is 0. The molecule has 0 saturated heterocycles. The molecular weight excluding hydrogens is 770 g/mol. The highest BCUT2D eigenvalue weighted by Crippen LogP contribution is 2.34. The van der Waals surface area contributed by atoms with E-state index in [0.717, 1.165) is 14.3 Å². The molecule has 0 saturated carbocycles. The number of hydrogen-bond donors (Lipinski definition) is 0. The first-order valence-electron chi connectivity index (χ1n) is 3.09. The van der Waals surface area contributed by atoms with Crippen molar-refractivity contribution < 1.29 is 4.79 Å². The van der Waals surface area contributed by atoms with Crippen molar-refractivity contribution >= 4 is 130 Å². The van der Waals surface area contributed by atoms with Crippen molar-refractivity contribution in [3.05, 3.63) is 23.4 Å². The third kappa shape index (κ3) is 2.98. The van der Waals surface area contributed by atoms with Gasteiger partial charge < -0.3 is 0 Å². The molecule has 0 heterocycles. The van der Waals surface area contributed by atoms with Crippen molar-refractivity contribution in [2.75, 3.05) is 0 Å². The topological polar surface area (TPSA) is 17.1 Å². The zero-order valence-corrected chi connectivity index (χ0v) is 17.7. The van der Waals surface area contributed by atoms with E-state index in [1.165, 1.54) is 3.57 Å². The summed E-state index contributed by atoms with van der Waals surface area (Å²) in [5.41, 5.74) is 0.627. The average Bonchev–Trinajstić information content (AvgIpc) is 2.11. The van der Waals surface area contributed by atoms with Crippen LogP contribution in [0.1, 0.15) is 10.4 Å². The molecule has 0 unspecified atom stereocenters. The van der Waals surface area contributed by atoms with Gasteiger partial charge >= 0.3 is 0 Å². The van der Waals surface area contributed by atoms with Gasteiger partial charge in [-0.15, -0.1) is 0 Å². The maximum absolute atomic E-state index is 11.2. The third-order valence-electron chi connectivity index (χ3n) is 1.41. The summed E-state index contributed by atoms with van der Waals surface area (Å²) in [7, 11) is 0. The highest BCUT2D eigenvalue weighted by Gasteiger charge is 2.20. The highest BCUT2D eigenvalue weighted by atomic mass is 127. The Morgan fingerprint density at radius 3 is 1.36 bits per heavy atom. The Labute approximate surface area is 155 Å². The van der Waals surface area contributed by atoms with Crippen LogP contribution < -0.4 is 0 Å². The van der Waals surface area contributed by atoms with E-state index < -0.39 is 0 Å². The SMILES string of the molecule is O=C(Cl)c1c(I)c(I)c(I)c(I)c1I. The van der Waals surface area contributed by atoms with Crippen LogP contribution in [-0.4, -0.2) is 5.24 Å². The zero-order chi connectivity index (χ0) is 11.0. The summed E-state index contributed by atoms with van der Waals surface area (Å²) in [6, 6.07) is 0. The van der Waals surface area contributed by atoms with Gasteiger partial charge in [0.15, 0.2) is 0 Å². The molecule has 76 valence electrons. The number of halogens is 6. The summed E-state index contributed by atoms with van der Waals surface area (Å²) in [4.78, 5) is 11.2. The lowest BCUT2D eigenvalue weighted by atomic mass is 10.2. The number of carbonyl (C=O) groups is 1. The first-order valence-corrected chi connectivity index (χ1v) is 8.86. The Morgan fingerprint density at radius 1 is 0.786 bits per heavy atom. The lowest BCUT2D eigenvalue weighted by molar-refractivity contribution is 0.107. The van der Waals surface area contributed by atoms with Gasteiger partial charge in [0.1, 0.15) is 0 Å². The molecule has 14 heavy (non-hydrogen) atoms. The second-order valence-electron chi connectivity index (χ2n) is 2.22. The van der Waals surface area contributed by atoms with Crippen molar-refractivity contribution in [3.63, 3.8) is 0 Å². The molecule has 7 heteroatoms. The minimum atomic E-state index is -0.383. The van der Waals surface area contributed by atoms with Gasteiger partial charge in [-0.25, -0.2) is 0 Å². The van der Waals surface area contributed by atoms with Crippen molar-refractivity contribution in [1.82, 2.24) is 0 Å². The summed E-state index contributed by atoms with van der Waals surface area (Å²) in [5.74, 6) is 0. The minimum absolute atomic E-state index is 0.383. The van der Waals surface area contributed by atoms with Gasteiger partial charge in [-0.05, 0) is 125 Å². The maximum Gasteiger partial charge on any atom is 0.254 e. The van der Waals surface area contributed by atoms with E-state index in [2.05, 4.69) is 113 Å². The van der Waals surface area contributed by atoms with Gasteiger partial charge in [-0.3, -0.25) is 4.79 Å². The van der Waals surface area contributed by atoms with Crippen LogP contribution in [-0.2, 0) is 0 Å². The van der Waals surface area contributed by atoms with Crippen LogP contribution >= 0.6 is 125 Å². The fourth-order valence-corrected chi connectivity index (χ4v) is 6.54. The Kier molecular flexibility index (Phi) is 6.52. The summed E-state index contributed by atoms with van der Waals surface area (Å²) < 4.78 is 5.25. The van der Waals surface area contributed by atoms with Crippen LogP contribution in [0.2, 0.25) is 0 Å². The fourth-order valence-electron chi connectivity index (χ4n) is 0.777. The fraction of sp³-hybridized carbons (Fsp3) is 0. The number of hydrogen-bond acceptors (Lipinski definition) is 1. The number of rotatable bonds is 1. The molecule has 0 fully saturated rings. The van der Waals surface area contributed by atoms with Gasteiger partial charge in [-0.2, -0.15) is 0 Å². The molecule has 0 atom stereocenters. The molecule has 0 aliphatic rings. The molecular formula is C7ClI5O. The van der Waals surface area contributed by atoms with E-state index >= 15 is 0 Å². The monoisotopic (exact) mass is 769 g/mol. The molecule has 1 aromatic rings. The van der Waals surface area contributed by atoms with Crippen molar-refractivity contribution in [1.29, 1.82) is 0 Å². The predicted octanol–water partition coefficient (Wildman–Crippen LogP) is 5.09. The van der Waals surface area contributed by atoms with E-state index in [9.17, 15) is 4.79 Å². The second-order valence-corrected chi connectivity index (χ2v) is 7.96. The molecule has 1 rings (SSSR count). The van der Waals surface area contributed by atoms with Crippen LogP contribution in [0.15, 0.2) is 0 Å². The molecule has 0 radical (unpaired) electrons. The number of carbonyl (C=O) groups excluding carboxylic acids is 1. The molecule has 0 aliphatic carbocycles. The predicted molar refractivity (Wildman–Crippen MR) is 100 cm³/mol. The van der Waals surface area contributed by atoms with Gasteiger partial charge in [0, 0.05) is 17.9 Å². The Bertz CT molecular complexity index is 388. The largest absolute Gasteiger partial charge is 0.276 e. The van der Waals surface area contributed by atoms with E-state index in [0.29, 0.717) is 5.56 Å². The third-order valence-corrected chi connectivity index (χ3v) is 11.1. The summed E-state index contributed by atoms with van der Waals surface area (Å²) in [6.45, 7) is 0. The standard InChI is InChI=1S/C7ClI5O/c8-7(14)1-2(9)4(11)6(13)5(12)3(1)10. The molecule has 1 aromatic carbocycles. The molecule has 0 amide bonds. The summed E-state index contributed by atoms with van der Waals surface area (Å²) >= 11 is 16.6. The van der Waals surface area contributed by atoms with Gasteiger partial charge in [0.05, 0.1) is 5.56 Å². The van der Waals surface area contributed by atoms with Crippen LogP contribution in [0.3, 0.4) is 0 Å². The van der Waals surface area contributed by atoms with Crippen LogP contribution in [0.4, 0.5) is 0 Å². The van der Waals surface area contributed by atoms with Crippen LogP contribution in [0, 0.1) is 17.9 Å². The normalized spacial score (nSPS) is 10.4. The smallest absolute Gasteiger partial charge is 0.254 e. The van der Waals surface area contributed by atoms with E-state index in [4.69, 9.17) is 11.6 Å². The van der Waals surface area contributed by atoms with Gasteiger partial charge in [-0.1, -0.05) is 0 Å². The first-order chi connectivity index (χ1) is 6.37. The quantitative estimate of drug-likeness (QED) is 0.169. The Balaban J connectivity index is 3.68. The highest BCUT2D eigenvalue weighted by molar-refractivity contribution is 14.1. The average molecular weight is 770 g/mol. The zero-order valence-electron chi connectivity index (χ0n) is 6.18. The Morgan fingerprint density at radius 2 is 1.07 bits per heavy atom. The van der Waals surface area contributed by atoms with E-state index in [1.54, 1.807) is 0 Å². The van der Waals surface area contributed by atoms with E-state index in [1.807, 2.05) is 0 Å². The van der Waals surface area contributed by atoms with Crippen LogP contribution in [0.25, 0.3) is 0 Å². The lowest BCUT2D eigenvalue weighted by Crippen LogP contribution is -2.05. The molecule has 0 aromatic heterocycles. The minimum Gasteiger partial charge on any atom is -0.276 e. The van der Waals surface area contributed by atoms with Gasteiger partial charge in [0.2, 0.25) is 0 Å². The van der Waals surface area contributed by atoms with Crippen molar-refractivity contribution in [2.24, 2.45) is 0 Å². The van der Waals surface area contributed by atoms with Gasteiger partial charge in [0.25, 0.3) is 5.24 Å². The maximum atomic E-state index is 11.2. The second kappa shape index (κ2) is 6.13. The first kappa shape index (κ1) is 14.9. The molecule has 0 aliphatic heterocycles. The molecule has 1 nitrogen and oxygen atoms in total. The molecule has 0 spiro atoms. The molecule has 0 N–H and O–H groups in total. The molecule has 0 bridgehead atoms.